The number of likely N-dealkylation sites (tertiary alicyclic amines) is 1. The molecule has 1 saturated heterocycles. The van der Waals surface area contributed by atoms with E-state index in [0.29, 0.717) is 6.54 Å². The third kappa shape index (κ3) is 2.30. The summed E-state index contributed by atoms with van der Waals surface area (Å²) in [7, 11) is 0. The van der Waals surface area contributed by atoms with Crippen LogP contribution in [0.2, 0.25) is 0 Å². The quantitative estimate of drug-likeness (QED) is 0.926. The fraction of sp³-hybridized carbons (Fsp3) is 0.316. The number of ether oxygens (including phenoxy) is 1. The molecule has 2 unspecified atom stereocenters. The second kappa shape index (κ2) is 5.10. The van der Waals surface area contributed by atoms with Gasteiger partial charge in [0.05, 0.1) is 0 Å². The minimum atomic E-state index is -0.785. The van der Waals surface area contributed by atoms with E-state index in [9.17, 15) is 9.90 Å². The predicted octanol–water partition coefficient (Wildman–Crippen LogP) is 3.16. The van der Waals surface area contributed by atoms with Gasteiger partial charge in [-0.15, -0.1) is 0 Å². The largest absolute Gasteiger partial charge is 0.481 e. The summed E-state index contributed by atoms with van der Waals surface area (Å²) >= 11 is 0. The van der Waals surface area contributed by atoms with Crippen LogP contribution in [0, 0.1) is 0 Å². The Labute approximate surface area is 135 Å². The predicted molar refractivity (Wildman–Crippen MR) is 89.6 cm³/mol. The lowest BCUT2D eigenvalue weighted by Gasteiger charge is -2.33. The number of fused-ring (bicyclic) bond motifs is 3. The molecule has 1 fully saturated rings. The Morgan fingerprint density at radius 1 is 1.30 bits per heavy atom. The van der Waals surface area contributed by atoms with Gasteiger partial charge in [-0.3, -0.25) is 9.69 Å². The molecular formula is C19H19NO3. The summed E-state index contributed by atoms with van der Waals surface area (Å²) in [6.07, 6.45) is 5.02. The van der Waals surface area contributed by atoms with Crippen molar-refractivity contribution >= 4 is 22.8 Å². The second-order valence-electron chi connectivity index (χ2n) is 6.44. The first kappa shape index (κ1) is 14.3. The van der Waals surface area contributed by atoms with Crippen LogP contribution in [0.4, 0.5) is 0 Å². The van der Waals surface area contributed by atoms with Crippen LogP contribution in [-0.2, 0) is 4.79 Å². The molecule has 4 nitrogen and oxygen atoms in total. The van der Waals surface area contributed by atoms with Crippen LogP contribution in [0.3, 0.4) is 0 Å². The van der Waals surface area contributed by atoms with Gasteiger partial charge in [0.15, 0.2) is 0 Å². The van der Waals surface area contributed by atoms with Crippen molar-refractivity contribution in [3.8, 4) is 5.75 Å². The van der Waals surface area contributed by atoms with Crippen LogP contribution >= 0.6 is 0 Å². The zero-order chi connectivity index (χ0) is 16.0. The molecule has 0 radical (unpaired) electrons. The van der Waals surface area contributed by atoms with Crippen LogP contribution in [0.15, 0.2) is 42.5 Å². The molecule has 2 heterocycles. The highest BCUT2D eigenvalue weighted by atomic mass is 16.5. The maximum Gasteiger partial charge on any atom is 0.320 e. The molecule has 4 rings (SSSR count). The number of carbonyl (C=O) groups is 1. The minimum Gasteiger partial charge on any atom is -0.481 e. The molecule has 23 heavy (non-hydrogen) atoms. The Hall–Kier alpha value is -2.33. The van der Waals surface area contributed by atoms with Crippen molar-refractivity contribution in [2.24, 2.45) is 0 Å². The third-order valence-electron chi connectivity index (χ3n) is 4.98. The fourth-order valence-electron chi connectivity index (χ4n) is 3.52. The highest BCUT2D eigenvalue weighted by Gasteiger charge is 2.43. The average Bonchev–Trinajstić information content (AvgIpc) is 2.97. The zero-order valence-corrected chi connectivity index (χ0v) is 13.0. The van der Waals surface area contributed by atoms with Gasteiger partial charge in [0.25, 0.3) is 0 Å². The highest BCUT2D eigenvalue weighted by Crippen LogP contribution is 2.41. The Morgan fingerprint density at radius 2 is 2.13 bits per heavy atom. The molecule has 0 aromatic heterocycles. The number of hydrogen-bond donors (Lipinski definition) is 1. The lowest BCUT2D eigenvalue weighted by Crippen LogP contribution is -2.43. The lowest BCUT2D eigenvalue weighted by atomic mass is 9.95. The van der Waals surface area contributed by atoms with Crippen molar-refractivity contribution in [3.05, 3.63) is 48.0 Å². The molecule has 2 aromatic carbocycles. The molecule has 1 N–H and O–H groups in total. The summed E-state index contributed by atoms with van der Waals surface area (Å²) in [5.74, 6) is 0.128. The third-order valence-corrected chi connectivity index (χ3v) is 4.98. The Balaban J connectivity index is 1.69. The molecule has 0 saturated carbocycles. The van der Waals surface area contributed by atoms with Crippen molar-refractivity contribution in [2.45, 2.75) is 25.0 Å². The summed E-state index contributed by atoms with van der Waals surface area (Å²) in [6, 6.07) is 11.9. The highest BCUT2D eigenvalue weighted by molar-refractivity contribution is 5.92. The molecule has 0 bridgehead atoms. The molecule has 118 valence electrons. The maximum absolute atomic E-state index is 11.2. The van der Waals surface area contributed by atoms with Crippen molar-refractivity contribution in [3.63, 3.8) is 0 Å². The number of rotatable bonds is 2. The lowest BCUT2D eigenvalue weighted by molar-refractivity contribution is -0.142. The minimum absolute atomic E-state index is 0.416. The first-order chi connectivity index (χ1) is 11.1. The fourth-order valence-corrected chi connectivity index (χ4v) is 3.52. The van der Waals surface area contributed by atoms with Crippen LogP contribution in [-0.4, -0.2) is 40.7 Å². The van der Waals surface area contributed by atoms with Crippen LogP contribution in [0.1, 0.15) is 18.9 Å². The van der Waals surface area contributed by atoms with Crippen LogP contribution in [0.25, 0.3) is 16.8 Å². The zero-order valence-electron chi connectivity index (χ0n) is 13.0. The summed E-state index contributed by atoms with van der Waals surface area (Å²) in [5, 5.41) is 11.5. The number of benzene rings is 2. The molecule has 4 heteroatoms. The van der Waals surface area contributed by atoms with Crippen molar-refractivity contribution in [1.82, 2.24) is 4.90 Å². The van der Waals surface area contributed by atoms with Crippen molar-refractivity contribution in [1.29, 1.82) is 0 Å². The van der Waals surface area contributed by atoms with E-state index >= 15 is 0 Å². The summed E-state index contributed by atoms with van der Waals surface area (Å²) in [5.41, 5.74) is 0.667. The Morgan fingerprint density at radius 3 is 2.96 bits per heavy atom. The number of nitrogens with zero attached hydrogens (tertiary/aromatic N) is 1. The average molecular weight is 309 g/mol. The van der Waals surface area contributed by atoms with Gasteiger partial charge in [0.1, 0.15) is 17.4 Å². The smallest absolute Gasteiger partial charge is 0.320 e. The number of carboxylic acids is 1. The summed E-state index contributed by atoms with van der Waals surface area (Å²) in [4.78, 5) is 13.2. The normalized spacial score (nSPS) is 24.6. The maximum atomic E-state index is 11.2. The summed E-state index contributed by atoms with van der Waals surface area (Å²) in [6.45, 7) is 3.08. The van der Waals surface area contributed by atoms with Gasteiger partial charge < -0.3 is 9.84 Å². The molecule has 0 amide bonds. The van der Waals surface area contributed by atoms with Crippen molar-refractivity contribution < 1.29 is 14.6 Å². The molecule has 2 atom stereocenters. The van der Waals surface area contributed by atoms with Gasteiger partial charge in [-0.2, -0.15) is 0 Å². The van der Waals surface area contributed by atoms with Gasteiger partial charge in [-0.05, 0) is 18.4 Å². The van der Waals surface area contributed by atoms with Gasteiger partial charge in [-0.25, -0.2) is 0 Å². The van der Waals surface area contributed by atoms with Gasteiger partial charge in [-0.1, -0.05) is 42.5 Å². The van der Waals surface area contributed by atoms with Crippen LogP contribution < -0.4 is 4.74 Å². The van der Waals surface area contributed by atoms with E-state index in [0.717, 1.165) is 35.1 Å². The van der Waals surface area contributed by atoms with E-state index in [1.54, 1.807) is 6.92 Å². The molecule has 2 aliphatic heterocycles. The van der Waals surface area contributed by atoms with E-state index < -0.39 is 17.6 Å². The SMILES string of the molecule is CC(C(=O)O)N1CCC2(C=Cc3ccc4ccccc4c3O2)C1. The summed E-state index contributed by atoms with van der Waals surface area (Å²) < 4.78 is 6.43. The van der Waals surface area contributed by atoms with E-state index in [1.807, 2.05) is 17.0 Å². The Bertz CT molecular complexity index is 813. The number of hydrogen-bond acceptors (Lipinski definition) is 3. The molecule has 2 aromatic rings. The molecule has 2 aliphatic rings. The van der Waals surface area contributed by atoms with E-state index in [2.05, 4.69) is 36.4 Å². The van der Waals surface area contributed by atoms with Crippen LogP contribution in [0.5, 0.6) is 5.75 Å². The number of carboxylic acid groups (broad SMARTS) is 1. The van der Waals surface area contributed by atoms with E-state index in [4.69, 9.17) is 4.74 Å². The monoisotopic (exact) mass is 309 g/mol. The molecule has 1 spiro atoms. The van der Waals surface area contributed by atoms with Gasteiger partial charge in [0, 0.05) is 30.5 Å². The number of aliphatic carboxylic acids is 1. The first-order valence-electron chi connectivity index (χ1n) is 7.95. The first-order valence-corrected chi connectivity index (χ1v) is 7.95. The van der Waals surface area contributed by atoms with Gasteiger partial charge in [0.2, 0.25) is 0 Å². The second-order valence-corrected chi connectivity index (χ2v) is 6.44. The Kier molecular flexibility index (Phi) is 3.16. The topological polar surface area (TPSA) is 49.8 Å². The van der Waals surface area contributed by atoms with Gasteiger partial charge >= 0.3 is 5.97 Å². The van der Waals surface area contributed by atoms with E-state index in [-0.39, 0.29) is 0 Å². The van der Waals surface area contributed by atoms with Crippen molar-refractivity contribution in [2.75, 3.05) is 13.1 Å². The van der Waals surface area contributed by atoms with E-state index in [1.165, 1.54) is 0 Å². The standard InChI is InChI=1S/C19H19NO3/c1-13(18(21)22)20-11-10-19(12-20)9-8-15-7-6-14-4-2-3-5-16(14)17(15)23-19/h2-9,13H,10-12H2,1H3,(H,21,22). The molecular weight excluding hydrogens is 290 g/mol. The molecule has 0 aliphatic carbocycles.